The summed E-state index contributed by atoms with van der Waals surface area (Å²) >= 11 is 0. The Kier molecular flexibility index (Phi) is 15.8. The Bertz CT molecular complexity index is 7500. The van der Waals surface area contributed by atoms with Crippen LogP contribution in [0.15, 0.2) is 424 Å². The second kappa shape index (κ2) is 27.6. The molecule has 0 radical (unpaired) electrons. The number of rotatable bonds is 11. The molecular formula is C114H72N4O2. The molecule has 4 heterocycles. The van der Waals surface area contributed by atoms with E-state index in [9.17, 15) is 0 Å². The fourth-order valence-corrected chi connectivity index (χ4v) is 20.4. The highest BCUT2D eigenvalue weighted by Gasteiger charge is 2.54. The first kappa shape index (κ1) is 68.9. The van der Waals surface area contributed by atoms with E-state index in [1.54, 1.807) is 0 Å². The van der Waals surface area contributed by atoms with Gasteiger partial charge in [-0.15, -0.1) is 0 Å². The topological polar surface area (TPSA) is 70.0 Å². The van der Waals surface area contributed by atoms with E-state index < -0.39 is 10.8 Å². The fraction of sp³-hybridized carbons (Fsp3) is 0.0351. The van der Waals surface area contributed by atoms with Crippen LogP contribution in [0.5, 0.6) is 23.0 Å². The third-order valence-electron chi connectivity index (χ3n) is 25.6. The van der Waals surface area contributed by atoms with Gasteiger partial charge in [-0.3, -0.25) is 0 Å². The van der Waals surface area contributed by atoms with Gasteiger partial charge in [-0.05, 0) is 177 Å². The van der Waals surface area contributed by atoms with Crippen molar-refractivity contribution in [2.24, 2.45) is 0 Å². The SMILES string of the molecule is C1=CC2=C(c3ccccc3C23c2ccccc2Oc2cc(-c4ccccc4-c4cc(-c5ccc6c(ccc7ccccc76)c5)nc(-c5ccccc5)n4)ccc23)C(c2cccc(-c3cccc(-c4cc(-c5ccccc5-c5ccc6c(c5)Oc5ccccc5C65c6ccccc6-c6ccccc65)nc(-c5cccc(-c6ccccc6)c5)n4)c3)c2)C1. The number of benzene rings is 17. The Hall–Kier alpha value is -15.5. The van der Waals surface area contributed by atoms with Gasteiger partial charge < -0.3 is 9.47 Å². The largest absolute Gasteiger partial charge is 0.457 e. The van der Waals surface area contributed by atoms with Crippen molar-refractivity contribution in [3.05, 3.63) is 474 Å². The lowest BCUT2D eigenvalue weighted by molar-refractivity contribution is 0.435. The van der Waals surface area contributed by atoms with E-state index in [0.29, 0.717) is 11.6 Å². The fourth-order valence-electron chi connectivity index (χ4n) is 20.4. The number of nitrogens with zero attached hydrogens (tertiary/aromatic N) is 4. The Morgan fingerprint density at radius 2 is 0.650 bits per heavy atom. The summed E-state index contributed by atoms with van der Waals surface area (Å²) < 4.78 is 14.4. The summed E-state index contributed by atoms with van der Waals surface area (Å²) in [6, 6.07) is 147. The van der Waals surface area contributed by atoms with Gasteiger partial charge >= 0.3 is 0 Å². The second-order valence-corrected chi connectivity index (χ2v) is 32.0. The molecule has 2 unspecified atom stereocenters. The van der Waals surface area contributed by atoms with Crippen molar-refractivity contribution >= 4 is 27.1 Å². The molecule has 6 heteroatoms. The van der Waals surface area contributed by atoms with Crippen LogP contribution in [0.1, 0.15) is 62.4 Å². The highest BCUT2D eigenvalue weighted by molar-refractivity contribution is 6.09. The lowest BCUT2D eigenvalue weighted by atomic mass is 9.64. The Morgan fingerprint density at radius 3 is 1.29 bits per heavy atom. The van der Waals surface area contributed by atoms with E-state index in [0.717, 1.165) is 158 Å². The van der Waals surface area contributed by atoms with Gasteiger partial charge in [0, 0.05) is 61.6 Å². The van der Waals surface area contributed by atoms with E-state index in [1.807, 2.05) is 6.07 Å². The molecule has 0 saturated carbocycles. The number of fused-ring (bicyclic) bond motifs is 20. The molecule has 0 fully saturated rings. The number of para-hydroxylation sites is 2. The van der Waals surface area contributed by atoms with Gasteiger partial charge in [0.2, 0.25) is 0 Å². The molecule has 24 rings (SSSR count). The summed E-state index contributed by atoms with van der Waals surface area (Å²) in [5.41, 5.74) is 32.3. The second-order valence-electron chi connectivity index (χ2n) is 32.0. The van der Waals surface area contributed by atoms with E-state index in [-0.39, 0.29) is 5.92 Å². The zero-order chi connectivity index (χ0) is 79.0. The van der Waals surface area contributed by atoms with E-state index in [4.69, 9.17) is 29.4 Å². The molecule has 19 aromatic rings. The summed E-state index contributed by atoms with van der Waals surface area (Å²) in [4.78, 5) is 21.9. The monoisotopic (exact) mass is 1530 g/mol. The van der Waals surface area contributed by atoms with E-state index in [2.05, 4.69) is 413 Å². The van der Waals surface area contributed by atoms with Crippen LogP contribution < -0.4 is 9.47 Å². The van der Waals surface area contributed by atoms with Crippen molar-refractivity contribution in [1.82, 2.24) is 19.9 Å². The number of allylic oxidation sites excluding steroid dienone is 4. The molecule has 6 nitrogen and oxygen atoms in total. The molecule has 2 atom stereocenters. The van der Waals surface area contributed by atoms with Crippen molar-refractivity contribution in [2.75, 3.05) is 0 Å². The Balaban J connectivity index is 0.598. The maximum atomic E-state index is 7.27. The summed E-state index contributed by atoms with van der Waals surface area (Å²) in [6.07, 6.45) is 5.66. The lowest BCUT2D eigenvalue weighted by Crippen LogP contribution is -2.33. The predicted octanol–water partition coefficient (Wildman–Crippen LogP) is 28.7. The molecule has 0 N–H and O–H groups in total. The molecule has 5 aliphatic rings. The number of ether oxygens (including phenoxy) is 2. The minimum atomic E-state index is -0.701. The zero-order valence-corrected chi connectivity index (χ0v) is 65.2. The first-order chi connectivity index (χ1) is 59.4. The van der Waals surface area contributed by atoms with Gasteiger partial charge in [0.1, 0.15) is 23.0 Å². The quantitative estimate of drug-likeness (QED) is 0.120. The van der Waals surface area contributed by atoms with Gasteiger partial charge in [0.15, 0.2) is 11.6 Å². The van der Waals surface area contributed by atoms with Crippen LogP contribution in [0, 0.1) is 0 Å². The van der Waals surface area contributed by atoms with E-state index >= 15 is 0 Å². The molecule has 2 spiro atoms. The Morgan fingerprint density at radius 1 is 0.233 bits per heavy atom. The van der Waals surface area contributed by atoms with Gasteiger partial charge in [-0.25, -0.2) is 19.9 Å². The summed E-state index contributed by atoms with van der Waals surface area (Å²) in [7, 11) is 0. The van der Waals surface area contributed by atoms with Crippen molar-refractivity contribution in [2.45, 2.75) is 23.2 Å². The molecule has 3 aliphatic carbocycles. The first-order valence-electron chi connectivity index (χ1n) is 41.3. The molecule has 0 amide bonds. The lowest BCUT2D eigenvalue weighted by Gasteiger charge is -2.41. The van der Waals surface area contributed by atoms with Gasteiger partial charge in [-0.1, -0.05) is 364 Å². The van der Waals surface area contributed by atoms with Crippen molar-refractivity contribution in [3.8, 4) is 146 Å². The van der Waals surface area contributed by atoms with Crippen LogP contribution >= 0.6 is 0 Å². The van der Waals surface area contributed by atoms with Crippen LogP contribution in [0.2, 0.25) is 0 Å². The Labute approximate surface area is 695 Å². The van der Waals surface area contributed by atoms with Gasteiger partial charge in [-0.2, -0.15) is 0 Å². The summed E-state index contributed by atoms with van der Waals surface area (Å²) in [5.74, 6) is 4.67. The number of hydrogen-bond donors (Lipinski definition) is 0. The smallest absolute Gasteiger partial charge is 0.160 e. The molecule has 120 heavy (non-hydrogen) atoms. The average molecular weight is 1530 g/mol. The highest BCUT2D eigenvalue weighted by atomic mass is 16.5. The molecular weight excluding hydrogens is 1460 g/mol. The van der Waals surface area contributed by atoms with Crippen LogP contribution in [0.25, 0.3) is 151 Å². The summed E-state index contributed by atoms with van der Waals surface area (Å²) in [5, 5.41) is 4.83. The van der Waals surface area contributed by atoms with Crippen LogP contribution in [-0.2, 0) is 10.8 Å². The van der Waals surface area contributed by atoms with Gasteiger partial charge in [0.25, 0.3) is 0 Å². The van der Waals surface area contributed by atoms with Crippen LogP contribution in [-0.4, -0.2) is 19.9 Å². The summed E-state index contributed by atoms with van der Waals surface area (Å²) in [6.45, 7) is 0. The van der Waals surface area contributed by atoms with Crippen LogP contribution in [0.4, 0.5) is 0 Å². The normalized spacial score (nSPS) is 15.2. The molecule has 560 valence electrons. The maximum Gasteiger partial charge on any atom is 0.160 e. The maximum absolute atomic E-state index is 7.27. The van der Waals surface area contributed by atoms with Crippen molar-refractivity contribution in [3.63, 3.8) is 0 Å². The van der Waals surface area contributed by atoms with Crippen molar-refractivity contribution < 1.29 is 9.47 Å². The molecule has 2 aliphatic heterocycles. The average Bonchev–Trinajstić information content (AvgIpc) is 1.44. The minimum Gasteiger partial charge on any atom is -0.457 e. The molecule has 17 aromatic carbocycles. The number of hydrogen-bond acceptors (Lipinski definition) is 6. The van der Waals surface area contributed by atoms with E-state index in [1.165, 1.54) is 66.2 Å². The number of aromatic nitrogens is 4. The first-order valence-corrected chi connectivity index (χ1v) is 41.3. The zero-order valence-electron chi connectivity index (χ0n) is 65.2. The predicted molar refractivity (Wildman–Crippen MR) is 487 cm³/mol. The van der Waals surface area contributed by atoms with Crippen LogP contribution in [0.3, 0.4) is 0 Å². The highest BCUT2D eigenvalue weighted by Crippen LogP contribution is 2.66. The molecule has 0 saturated heterocycles. The third kappa shape index (κ3) is 10.8. The third-order valence-corrected chi connectivity index (χ3v) is 25.6. The standard InChI is InChI=1S/C114H72N4O2/c1-3-27-71(28-4-1)74-32-25-37-83(65-74)112-116-102(69-105(118-112)92-44-12-10-40-86(92)79-58-61-99-108(67-79)119-106-53-21-19-50-97(106)113(99)94-47-16-13-41-89(94)90-42-14-17-48-95(90)113)81-36-24-34-76(64-81)75-33-23-35-77(63-75)88-46-26-52-101-110(88)93-45-15-18-49-96(93)114(101)98-51-20-22-54-107(98)120-109-68-80(59-62-100(109)114)85-39-9-11-43-91(85)104-70-103(115-111(117-104)73-30-5-2-6-31-73)82-57-60-87-78(66-82)56-55-72-29-7-8-38-84(72)87/h1-45,47-70,88H,46H2. The van der Waals surface area contributed by atoms with Crippen molar-refractivity contribution in [1.29, 1.82) is 0 Å². The molecule has 0 bridgehead atoms. The minimum absolute atomic E-state index is 0.0275. The van der Waals surface area contributed by atoms with Gasteiger partial charge in [0.05, 0.1) is 33.6 Å². The molecule has 2 aromatic heterocycles.